The third kappa shape index (κ3) is 2.21. The van der Waals surface area contributed by atoms with Gasteiger partial charge in [-0.2, -0.15) is 0 Å². The summed E-state index contributed by atoms with van der Waals surface area (Å²) in [7, 11) is 0. The van der Waals surface area contributed by atoms with Crippen LogP contribution in [-0.4, -0.2) is 22.8 Å². The Labute approximate surface area is 72.7 Å². The zero-order valence-electron chi connectivity index (χ0n) is 7.67. The first-order valence-corrected chi connectivity index (χ1v) is 4.44. The van der Waals surface area contributed by atoms with E-state index < -0.39 is 12.1 Å². The molecule has 0 aromatic carbocycles. The fourth-order valence-electron chi connectivity index (χ4n) is 1.55. The van der Waals surface area contributed by atoms with Gasteiger partial charge in [0, 0.05) is 0 Å². The molecule has 0 aromatic heterocycles. The van der Waals surface area contributed by atoms with Crippen molar-refractivity contribution in [3.05, 3.63) is 0 Å². The molecule has 0 unspecified atom stereocenters. The molecule has 1 fully saturated rings. The van der Waals surface area contributed by atoms with Gasteiger partial charge in [-0.25, -0.2) is 4.79 Å². The average molecular weight is 172 g/mol. The molecule has 0 saturated heterocycles. The number of aliphatic hydroxyl groups excluding tert-OH is 1. The van der Waals surface area contributed by atoms with Crippen molar-refractivity contribution < 1.29 is 14.6 Å². The number of hydrogen-bond donors (Lipinski definition) is 1. The molecule has 3 nitrogen and oxygen atoms in total. The van der Waals surface area contributed by atoms with Gasteiger partial charge >= 0.3 is 5.97 Å². The first kappa shape index (κ1) is 9.52. The fourth-order valence-corrected chi connectivity index (χ4v) is 1.55. The van der Waals surface area contributed by atoms with E-state index in [0.717, 1.165) is 25.7 Å². The van der Waals surface area contributed by atoms with Gasteiger partial charge < -0.3 is 9.84 Å². The average Bonchev–Trinajstić information content (AvgIpc) is 2.35. The number of carbonyl (C=O) groups is 1. The molecule has 0 radical (unpaired) electrons. The van der Waals surface area contributed by atoms with Crippen molar-refractivity contribution in [2.24, 2.45) is 0 Å². The Kier molecular flexibility index (Phi) is 2.73. The SMILES string of the molecule is C[C@@H](O)C(=O)OC1(C)CCCC1. The second-order valence-corrected chi connectivity index (χ2v) is 3.75. The number of rotatable bonds is 2. The second-order valence-electron chi connectivity index (χ2n) is 3.75. The minimum absolute atomic E-state index is 0.311. The van der Waals surface area contributed by atoms with Crippen LogP contribution in [0.5, 0.6) is 0 Å². The summed E-state index contributed by atoms with van der Waals surface area (Å²) in [5, 5.41) is 8.92. The van der Waals surface area contributed by atoms with Crippen LogP contribution in [0.1, 0.15) is 39.5 Å². The van der Waals surface area contributed by atoms with Crippen molar-refractivity contribution in [3.8, 4) is 0 Å². The van der Waals surface area contributed by atoms with Crippen LogP contribution in [0.4, 0.5) is 0 Å². The van der Waals surface area contributed by atoms with E-state index in [1.165, 1.54) is 6.92 Å². The molecule has 0 aromatic rings. The third-order valence-electron chi connectivity index (χ3n) is 2.35. The van der Waals surface area contributed by atoms with Crippen LogP contribution < -0.4 is 0 Å². The molecule has 0 spiro atoms. The predicted molar refractivity (Wildman–Crippen MR) is 44.6 cm³/mol. The van der Waals surface area contributed by atoms with Crippen molar-refractivity contribution in [1.29, 1.82) is 0 Å². The summed E-state index contributed by atoms with van der Waals surface area (Å²) in [5.41, 5.74) is -0.311. The van der Waals surface area contributed by atoms with Gasteiger partial charge in [0.2, 0.25) is 0 Å². The van der Waals surface area contributed by atoms with Crippen LogP contribution in [-0.2, 0) is 9.53 Å². The van der Waals surface area contributed by atoms with Crippen molar-refractivity contribution in [3.63, 3.8) is 0 Å². The van der Waals surface area contributed by atoms with E-state index in [9.17, 15) is 4.79 Å². The van der Waals surface area contributed by atoms with Crippen molar-refractivity contribution in [2.45, 2.75) is 51.2 Å². The molecule has 1 saturated carbocycles. The van der Waals surface area contributed by atoms with E-state index >= 15 is 0 Å². The van der Waals surface area contributed by atoms with E-state index in [4.69, 9.17) is 9.84 Å². The lowest BCUT2D eigenvalue weighted by molar-refractivity contribution is -0.166. The first-order chi connectivity index (χ1) is 5.53. The fraction of sp³-hybridized carbons (Fsp3) is 0.889. The smallest absolute Gasteiger partial charge is 0.335 e. The van der Waals surface area contributed by atoms with Crippen molar-refractivity contribution in [1.82, 2.24) is 0 Å². The van der Waals surface area contributed by atoms with Crippen molar-refractivity contribution >= 4 is 5.97 Å². The highest BCUT2D eigenvalue weighted by molar-refractivity contribution is 5.74. The number of ether oxygens (including phenoxy) is 1. The summed E-state index contributed by atoms with van der Waals surface area (Å²) in [6.07, 6.45) is 3.08. The molecule has 3 heteroatoms. The Morgan fingerprint density at radius 3 is 2.42 bits per heavy atom. The van der Waals surface area contributed by atoms with Crippen LogP contribution in [0.15, 0.2) is 0 Å². The zero-order valence-corrected chi connectivity index (χ0v) is 7.67. The summed E-state index contributed by atoms with van der Waals surface area (Å²) < 4.78 is 5.17. The normalized spacial score (nSPS) is 23.6. The summed E-state index contributed by atoms with van der Waals surface area (Å²) in [6, 6.07) is 0. The summed E-state index contributed by atoms with van der Waals surface area (Å²) in [6.45, 7) is 3.36. The lowest BCUT2D eigenvalue weighted by atomic mass is 10.1. The standard InChI is InChI=1S/C9H16O3/c1-7(10)8(11)12-9(2)5-3-4-6-9/h7,10H,3-6H2,1-2H3/t7-/m1/s1. The predicted octanol–water partition coefficient (Wildman–Crippen LogP) is 1.24. The molecule has 1 aliphatic rings. The van der Waals surface area contributed by atoms with E-state index in [0.29, 0.717) is 0 Å². The molecule has 0 heterocycles. The van der Waals surface area contributed by atoms with Gasteiger partial charge in [0.1, 0.15) is 11.7 Å². The molecule has 1 rings (SSSR count). The van der Waals surface area contributed by atoms with Crippen LogP contribution in [0.2, 0.25) is 0 Å². The largest absolute Gasteiger partial charge is 0.457 e. The van der Waals surface area contributed by atoms with Crippen LogP contribution in [0.25, 0.3) is 0 Å². The molecular formula is C9H16O3. The third-order valence-corrected chi connectivity index (χ3v) is 2.35. The van der Waals surface area contributed by atoms with Crippen LogP contribution >= 0.6 is 0 Å². The van der Waals surface area contributed by atoms with Gasteiger partial charge in [-0.3, -0.25) is 0 Å². The van der Waals surface area contributed by atoms with Gasteiger partial charge in [-0.05, 0) is 39.5 Å². The second kappa shape index (κ2) is 3.44. The molecular weight excluding hydrogens is 156 g/mol. The first-order valence-electron chi connectivity index (χ1n) is 4.44. The van der Waals surface area contributed by atoms with Gasteiger partial charge in [0.15, 0.2) is 0 Å². The highest BCUT2D eigenvalue weighted by atomic mass is 16.6. The minimum atomic E-state index is -0.998. The Hall–Kier alpha value is -0.570. The van der Waals surface area contributed by atoms with Gasteiger partial charge in [0.25, 0.3) is 0 Å². The summed E-state index contributed by atoms with van der Waals surface area (Å²) in [5.74, 6) is -0.501. The lowest BCUT2D eigenvalue weighted by Crippen LogP contribution is -2.32. The molecule has 70 valence electrons. The minimum Gasteiger partial charge on any atom is -0.457 e. The van der Waals surface area contributed by atoms with Gasteiger partial charge in [-0.15, -0.1) is 0 Å². The number of carbonyl (C=O) groups excluding carboxylic acids is 1. The molecule has 0 aliphatic heterocycles. The van der Waals surface area contributed by atoms with E-state index in [1.807, 2.05) is 6.92 Å². The van der Waals surface area contributed by atoms with Crippen LogP contribution in [0.3, 0.4) is 0 Å². The van der Waals surface area contributed by atoms with Crippen molar-refractivity contribution in [2.75, 3.05) is 0 Å². The maximum Gasteiger partial charge on any atom is 0.335 e. The summed E-state index contributed by atoms with van der Waals surface area (Å²) in [4.78, 5) is 11.0. The monoisotopic (exact) mass is 172 g/mol. The van der Waals surface area contributed by atoms with E-state index in [-0.39, 0.29) is 5.60 Å². The van der Waals surface area contributed by atoms with Gasteiger partial charge in [-0.1, -0.05) is 0 Å². The van der Waals surface area contributed by atoms with Crippen LogP contribution in [0, 0.1) is 0 Å². The lowest BCUT2D eigenvalue weighted by Gasteiger charge is -2.24. The molecule has 1 aliphatic carbocycles. The Morgan fingerprint density at radius 2 is 2.00 bits per heavy atom. The summed E-state index contributed by atoms with van der Waals surface area (Å²) >= 11 is 0. The Bertz CT molecular complexity index is 169. The number of hydrogen-bond acceptors (Lipinski definition) is 3. The molecule has 1 atom stereocenters. The Morgan fingerprint density at radius 1 is 1.50 bits per heavy atom. The molecule has 0 amide bonds. The van der Waals surface area contributed by atoms with Gasteiger partial charge in [0.05, 0.1) is 0 Å². The number of esters is 1. The highest BCUT2D eigenvalue weighted by Crippen LogP contribution is 2.32. The zero-order chi connectivity index (χ0) is 9.19. The molecule has 12 heavy (non-hydrogen) atoms. The maximum atomic E-state index is 11.0. The molecule has 0 bridgehead atoms. The Balaban J connectivity index is 2.44. The quantitative estimate of drug-likeness (QED) is 0.637. The van der Waals surface area contributed by atoms with E-state index in [2.05, 4.69) is 0 Å². The van der Waals surface area contributed by atoms with E-state index in [1.54, 1.807) is 0 Å². The highest BCUT2D eigenvalue weighted by Gasteiger charge is 2.33. The maximum absolute atomic E-state index is 11.0. The molecule has 1 N–H and O–H groups in total. The topological polar surface area (TPSA) is 46.5 Å². The number of aliphatic hydroxyl groups is 1.